The highest BCUT2D eigenvalue weighted by Gasteiger charge is 2.36. The molecule has 2 saturated heterocycles. The molecule has 0 bridgehead atoms. The van der Waals surface area contributed by atoms with Crippen LogP contribution in [0.1, 0.15) is 12.8 Å². The van der Waals surface area contributed by atoms with Crippen LogP contribution in [0.15, 0.2) is 0 Å². The summed E-state index contributed by atoms with van der Waals surface area (Å²) in [4.78, 5) is 12.8. The number of cyclic esters (lactones) is 1. The second kappa shape index (κ2) is 3.54. The Morgan fingerprint density at radius 3 is 2.62 bits per heavy atom. The highest BCUT2D eigenvalue weighted by atomic mass is 16.6. The molecule has 2 rings (SSSR count). The van der Waals surface area contributed by atoms with Crippen molar-refractivity contribution < 1.29 is 14.3 Å². The van der Waals surface area contributed by atoms with Gasteiger partial charge in [0.15, 0.2) is 0 Å². The van der Waals surface area contributed by atoms with Gasteiger partial charge in [-0.25, -0.2) is 4.79 Å². The Hall–Kier alpha value is -0.770. The molecule has 13 heavy (non-hydrogen) atoms. The van der Waals surface area contributed by atoms with E-state index in [-0.39, 0.29) is 12.1 Å². The molecule has 2 aliphatic heterocycles. The standard InChI is InChI=1S/C9H15NO3/c1-10-8(6-13-9(10)11)7-2-4-12-5-3-7/h7-8H,2-6H2,1H3. The SMILES string of the molecule is CN1C(=O)OCC1C1CCOCC1. The van der Waals surface area contributed by atoms with E-state index >= 15 is 0 Å². The first-order chi connectivity index (χ1) is 6.29. The molecular formula is C9H15NO3. The fraction of sp³-hybridized carbons (Fsp3) is 0.889. The number of hydrogen-bond acceptors (Lipinski definition) is 3. The number of carbonyl (C=O) groups is 1. The van der Waals surface area contributed by atoms with Crippen molar-refractivity contribution >= 4 is 6.09 Å². The molecular weight excluding hydrogens is 170 g/mol. The molecule has 4 heteroatoms. The summed E-state index contributed by atoms with van der Waals surface area (Å²) in [6.07, 6.45) is 1.91. The fourth-order valence-corrected chi connectivity index (χ4v) is 2.06. The minimum absolute atomic E-state index is 0.184. The predicted octanol–water partition coefficient (Wildman–Crippen LogP) is 0.864. The lowest BCUT2D eigenvalue weighted by Crippen LogP contribution is -2.38. The molecule has 0 aromatic carbocycles. The average Bonchev–Trinajstić information content (AvgIpc) is 2.49. The highest BCUT2D eigenvalue weighted by Crippen LogP contribution is 2.25. The van der Waals surface area contributed by atoms with Gasteiger partial charge in [0.1, 0.15) is 6.61 Å². The Morgan fingerprint density at radius 1 is 1.38 bits per heavy atom. The normalized spacial score (nSPS) is 30.7. The molecule has 0 aliphatic carbocycles. The van der Waals surface area contributed by atoms with E-state index in [0.29, 0.717) is 12.5 Å². The third-order valence-corrected chi connectivity index (χ3v) is 2.97. The zero-order valence-corrected chi connectivity index (χ0v) is 7.86. The molecule has 2 heterocycles. The number of hydrogen-bond donors (Lipinski definition) is 0. The van der Waals surface area contributed by atoms with Gasteiger partial charge in [-0.15, -0.1) is 0 Å². The third-order valence-electron chi connectivity index (χ3n) is 2.97. The Bertz CT molecular complexity index is 201. The summed E-state index contributed by atoms with van der Waals surface area (Å²) < 4.78 is 10.3. The maximum absolute atomic E-state index is 11.1. The van der Waals surface area contributed by atoms with Crippen molar-refractivity contribution in [2.24, 2.45) is 5.92 Å². The Morgan fingerprint density at radius 2 is 2.08 bits per heavy atom. The van der Waals surface area contributed by atoms with Crippen LogP contribution in [0, 0.1) is 5.92 Å². The van der Waals surface area contributed by atoms with Crippen LogP contribution in [0.2, 0.25) is 0 Å². The maximum Gasteiger partial charge on any atom is 0.409 e. The van der Waals surface area contributed by atoms with Crippen molar-refractivity contribution in [2.45, 2.75) is 18.9 Å². The lowest BCUT2D eigenvalue weighted by molar-refractivity contribution is 0.0441. The van der Waals surface area contributed by atoms with Gasteiger partial charge in [-0.1, -0.05) is 0 Å². The van der Waals surface area contributed by atoms with E-state index in [1.807, 2.05) is 7.05 Å². The van der Waals surface area contributed by atoms with E-state index in [4.69, 9.17) is 9.47 Å². The van der Waals surface area contributed by atoms with Gasteiger partial charge >= 0.3 is 6.09 Å². The summed E-state index contributed by atoms with van der Waals surface area (Å²) in [5, 5.41) is 0. The van der Waals surface area contributed by atoms with Gasteiger partial charge < -0.3 is 14.4 Å². The first kappa shape index (κ1) is 8.81. The minimum atomic E-state index is -0.184. The van der Waals surface area contributed by atoms with E-state index in [2.05, 4.69) is 0 Å². The quantitative estimate of drug-likeness (QED) is 0.608. The second-order valence-electron chi connectivity index (χ2n) is 3.70. The smallest absolute Gasteiger partial charge is 0.409 e. The molecule has 0 N–H and O–H groups in total. The number of ether oxygens (including phenoxy) is 2. The Balaban J connectivity index is 1.95. The minimum Gasteiger partial charge on any atom is -0.447 e. The van der Waals surface area contributed by atoms with Gasteiger partial charge in [-0.3, -0.25) is 0 Å². The number of amides is 1. The summed E-state index contributed by atoms with van der Waals surface area (Å²) in [6, 6.07) is 0.274. The average molecular weight is 185 g/mol. The van der Waals surface area contributed by atoms with Crippen molar-refractivity contribution in [3.8, 4) is 0 Å². The molecule has 4 nitrogen and oxygen atoms in total. The summed E-state index contributed by atoms with van der Waals surface area (Å²) in [7, 11) is 1.81. The summed E-state index contributed by atoms with van der Waals surface area (Å²) in [6.45, 7) is 2.20. The van der Waals surface area contributed by atoms with Gasteiger partial charge in [0.2, 0.25) is 0 Å². The molecule has 1 unspecified atom stereocenters. The number of likely N-dealkylation sites (N-methyl/N-ethyl adjacent to an activating group) is 1. The van der Waals surface area contributed by atoms with Gasteiger partial charge in [0.05, 0.1) is 6.04 Å². The van der Waals surface area contributed by atoms with Crippen LogP contribution in [0.3, 0.4) is 0 Å². The molecule has 0 radical (unpaired) electrons. The second-order valence-corrected chi connectivity index (χ2v) is 3.70. The monoisotopic (exact) mass is 185 g/mol. The zero-order chi connectivity index (χ0) is 9.26. The Labute approximate surface area is 77.8 Å². The van der Waals surface area contributed by atoms with Gasteiger partial charge in [0.25, 0.3) is 0 Å². The van der Waals surface area contributed by atoms with Crippen LogP contribution in [0.4, 0.5) is 4.79 Å². The fourth-order valence-electron chi connectivity index (χ4n) is 2.06. The molecule has 0 aromatic rings. The molecule has 74 valence electrons. The van der Waals surface area contributed by atoms with Crippen LogP contribution in [-0.2, 0) is 9.47 Å². The summed E-state index contributed by atoms with van der Waals surface area (Å²) in [5.41, 5.74) is 0. The van der Waals surface area contributed by atoms with Crippen molar-refractivity contribution in [3.63, 3.8) is 0 Å². The molecule has 1 atom stereocenters. The van der Waals surface area contributed by atoms with Crippen molar-refractivity contribution in [1.82, 2.24) is 4.90 Å². The number of rotatable bonds is 1. The van der Waals surface area contributed by atoms with Crippen molar-refractivity contribution in [1.29, 1.82) is 0 Å². The van der Waals surface area contributed by atoms with Crippen molar-refractivity contribution in [3.05, 3.63) is 0 Å². The first-order valence-corrected chi connectivity index (χ1v) is 4.76. The molecule has 1 amide bonds. The number of carbonyl (C=O) groups excluding carboxylic acids is 1. The van der Waals surface area contributed by atoms with Crippen LogP contribution in [0.25, 0.3) is 0 Å². The third kappa shape index (κ3) is 1.63. The van der Waals surface area contributed by atoms with E-state index in [0.717, 1.165) is 26.1 Å². The van der Waals surface area contributed by atoms with E-state index in [1.54, 1.807) is 4.90 Å². The first-order valence-electron chi connectivity index (χ1n) is 4.76. The molecule has 0 saturated carbocycles. The van der Waals surface area contributed by atoms with Gasteiger partial charge in [-0.2, -0.15) is 0 Å². The van der Waals surface area contributed by atoms with Crippen LogP contribution >= 0.6 is 0 Å². The largest absolute Gasteiger partial charge is 0.447 e. The van der Waals surface area contributed by atoms with Gasteiger partial charge in [-0.05, 0) is 18.8 Å². The molecule has 2 fully saturated rings. The van der Waals surface area contributed by atoms with E-state index < -0.39 is 0 Å². The predicted molar refractivity (Wildman–Crippen MR) is 46.4 cm³/mol. The molecule has 0 spiro atoms. The van der Waals surface area contributed by atoms with Crippen LogP contribution in [0.5, 0.6) is 0 Å². The molecule has 0 aromatic heterocycles. The van der Waals surface area contributed by atoms with Gasteiger partial charge in [0, 0.05) is 20.3 Å². The summed E-state index contributed by atoms with van der Waals surface area (Å²) in [5.74, 6) is 0.560. The van der Waals surface area contributed by atoms with Crippen molar-refractivity contribution in [2.75, 3.05) is 26.9 Å². The Kier molecular flexibility index (Phi) is 2.40. The lowest BCUT2D eigenvalue weighted by Gasteiger charge is -2.29. The maximum atomic E-state index is 11.1. The van der Waals surface area contributed by atoms with Crippen LogP contribution < -0.4 is 0 Å². The van der Waals surface area contributed by atoms with Crippen LogP contribution in [-0.4, -0.2) is 43.9 Å². The molecule has 2 aliphatic rings. The summed E-state index contributed by atoms with van der Waals surface area (Å²) >= 11 is 0. The number of nitrogens with zero attached hydrogens (tertiary/aromatic N) is 1. The van der Waals surface area contributed by atoms with E-state index in [1.165, 1.54) is 0 Å². The lowest BCUT2D eigenvalue weighted by atomic mass is 9.92. The topological polar surface area (TPSA) is 38.8 Å². The highest BCUT2D eigenvalue weighted by molar-refractivity contribution is 5.69. The van der Waals surface area contributed by atoms with E-state index in [9.17, 15) is 4.79 Å². The zero-order valence-electron chi connectivity index (χ0n) is 7.86.